The molecule has 1 N–H and O–H groups in total. The number of carboxylic acids is 1. The number of fused-ring (bicyclic) bond motifs is 1. The van der Waals surface area contributed by atoms with Crippen LogP contribution in [-0.2, 0) is 22.7 Å². The second-order valence-electron chi connectivity index (χ2n) is 5.40. The van der Waals surface area contributed by atoms with Crippen LogP contribution in [0, 0.1) is 0 Å². The summed E-state index contributed by atoms with van der Waals surface area (Å²) in [6.07, 6.45) is -0.854. The molecular formula is C18H18N2O3. The molecule has 3 rings (SSSR count). The summed E-state index contributed by atoms with van der Waals surface area (Å²) >= 11 is 0. The van der Waals surface area contributed by atoms with Crippen LogP contribution < -0.4 is 0 Å². The van der Waals surface area contributed by atoms with Crippen LogP contribution in [0.4, 0.5) is 0 Å². The van der Waals surface area contributed by atoms with Crippen molar-refractivity contribution in [1.82, 2.24) is 9.78 Å². The first-order valence-electron chi connectivity index (χ1n) is 7.48. The number of hydrogen-bond donors (Lipinski definition) is 1. The molecule has 2 aromatic carbocycles. The Morgan fingerprint density at radius 1 is 1.17 bits per heavy atom. The zero-order valence-corrected chi connectivity index (χ0v) is 12.8. The number of para-hydroxylation sites is 1. The van der Waals surface area contributed by atoms with Gasteiger partial charge in [0, 0.05) is 5.39 Å². The van der Waals surface area contributed by atoms with Gasteiger partial charge in [-0.1, -0.05) is 48.5 Å². The average molecular weight is 310 g/mol. The lowest BCUT2D eigenvalue weighted by Gasteiger charge is -2.06. The highest BCUT2D eigenvalue weighted by molar-refractivity contribution is 5.82. The second kappa shape index (κ2) is 6.62. The van der Waals surface area contributed by atoms with Gasteiger partial charge in [-0.15, -0.1) is 0 Å². The molecule has 0 fully saturated rings. The first kappa shape index (κ1) is 15.2. The first-order chi connectivity index (χ1) is 11.1. The van der Waals surface area contributed by atoms with Crippen LogP contribution in [0.15, 0.2) is 54.6 Å². The Labute approximate surface area is 134 Å². The Kier molecular flexibility index (Phi) is 4.39. The molecule has 1 aromatic heterocycles. The van der Waals surface area contributed by atoms with Gasteiger partial charge in [0.1, 0.15) is 0 Å². The fourth-order valence-electron chi connectivity index (χ4n) is 2.45. The van der Waals surface area contributed by atoms with Crippen molar-refractivity contribution < 1.29 is 14.6 Å². The SMILES string of the molecule is CC(OCc1nn(Cc2ccccc2)c2ccccc12)C(=O)O. The zero-order chi connectivity index (χ0) is 16.2. The number of carboxylic acid groups (broad SMARTS) is 1. The molecule has 0 spiro atoms. The van der Waals surface area contributed by atoms with E-state index in [0.29, 0.717) is 6.54 Å². The molecule has 0 bridgehead atoms. The van der Waals surface area contributed by atoms with Crippen LogP contribution >= 0.6 is 0 Å². The molecule has 0 saturated heterocycles. The van der Waals surface area contributed by atoms with Crippen molar-refractivity contribution in [3.8, 4) is 0 Å². The van der Waals surface area contributed by atoms with Crippen molar-refractivity contribution in [3.63, 3.8) is 0 Å². The quantitative estimate of drug-likeness (QED) is 0.760. The van der Waals surface area contributed by atoms with Gasteiger partial charge in [0.2, 0.25) is 0 Å². The molecule has 0 aliphatic carbocycles. The highest BCUT2D eigenvalue weighted by Gasteiger charge is 2.15. The number of hydrogen-bond acceptors (Lipinski definition) is 3. The summed E-state index contributed by atoms with van der Waals surface area (Å²) in [6.45, 7) is 2.36. The molecule has 0 aliphatic rings. The van der Waals surface area contributed by atoms with Crippen molar-refractivity contribution in [2.45, 2.75) is 26.2 Å². The summed E-state index contributed by atoms with van der Waals surface area (Å²) in [5.74, 6) is -0.974. The number of ether oxygens (including phenoxy) is 1. The number of rotatable bonds is 6. The molecule has 1 atom stereocenters. The third-order valence-corrected chi connectivity index (χ3v) is 3.73. The lowest BCUT2D eigenvalue weighted by molar-refractivity contribution is -0.149. The minimum Gasteiger partial charge on any atom is -0.479 e. The topological polar surface area (TPSA) is 64.4 Å². The Bertz CT molecular complexity index is 812. The van der Waals surface area contributed by atoms with E-state index >= 15 is 0 Å². The predicted molar refractivity (Wildman–Crippen MR) is 87.2 cm³/mol. The Hall–Kier alpha value is -2.66. The maximum Gasteiger partial charge on any atom is 0.332 e. The lowest BCUT2D eigenvalue weighted by Crippen LogP contribution is -2.19. The van der Waals surface area contributed by atoms with Crippen LogP contribution in [0.25, 0.3) is 10.9 Å². The zero-order valence-electron chi connectivity index (χ0n) is 12.8. The van der Waals surface area contributed by atoms with E-state index in [1.165, 1.54) is 6.92 Å². The maximum absolute atomic E-state index is 10.9. The fraction of sp³-hybridized carbons (Fsp3) is 0.222. The van der Waals surface area contributed by atoms with E-state index in [2.05, 4.69) is 17.2 Å². The molecule has 5 nitrogen and oxygen atoms in total. The summed E-state index contributed by atoms with van der Waals surface area (Å²) in [4.78, 5) is 10.9. The summed E-state index contributed by atoms with van der Waals surface area (Å²) in [6, 6.07) is 18.0. The van der Waals surface area contributed by atoms with E-state index < -0.39 is 12.1 Å². The van der Waals surface area contributed by atoms with Crippen LogP contribution in [0.1, 0.15) is 18.2 Å². The normalized spacial score (nSPS) is 12.4. The number of nitrogens with zero attached hydrogens (tertiary/aromatic N) is 2. The van der Waals surface area contributed by atoms with Gasteiger partial charge in [0.15, 0.2) is 6.10 Å². The van der Waals surface area contributed by atoms with E-state index in [1.807, 2.05) is 47.1 Å². The molecule has 23 heavy (non-hydrogen) atoms. The summed E-state index contributed by atoms with van der Waals surface area (Å²) in [5.41, 5.74) is 2.93. The molecule has 0 aliphatic heterocycles. The van der Waals surface area contributed by atoms with Gasteiger partial charge < -0.3 is 9.84 Å². The second-order valence-corrected chi connectivity index (χ2v) is 5.40. The van der Waals surface area contributed by atoms with Gasteiger partial charge in [-0.05, 0) is 18.6 Å². The van der Waals surface area contributed by atoms with Gasteiger partial charge in [-0.3, -0.25) is 4.68 Å². The molecule has 1 heterocycles. The van der Waals surface area contributed by atoms with E-state index in [1.54, 1.807) is 0 Å². The molecule has 3 aromatic rings. The third kappa shape index (κ3) is 3.40. The molecule has 0 saturated carbocycles. The van der Waals surface area contributed by atoms with Gasteiger partial charge in [0.05, 0.1) is 24.4 Å². The van der Waals surface area contributed by atoms with Crippen LogP contribution in [0.2, 0.25) is 0 Å². The van der Waals surface area contributed by atoms with E-state index in [0.717, 1.165) is 22.2 Å². The highest BCUT2D eigenvalue weighted by Crippen LogP contribution is 2.20. The average Bonchev–Trinajstić information content (AvgIpc) is 2.91. The van der Waals surface area contributed by atoms with Crippen LogP contribution in [-0.4, -0.2) is 27.0 Å². The van der Waals surface area contributed by atoms with E-state index in [4.69, 9.17) is 9.84 Å². The summed E-state index contributed by atoms with van der Waals surface area (Å²) in [7, 11) is 0. The fourth-order valence-corrected chi connectivity index (χ4v) is 2.45. The van der Waals surface area contributed by atoms with E-state index in [-0.39, 0.29) is 6.61 Å². The van der Waals surface area contributed by atoms with Gasteiger partial charge >= 0.3 is 5.97 Å². The van der Waals surface area contributed by atoms with E-state index in [9.17, 15) is 4.79 Å². The monoisotopic (exact) mass is 310 g/mol. The molecule has 0 amide bonds. The number of aliphatic carboxylic acids is 1. The van der Waals surface area contributed by atoms with Crippen LogP contribution in [0.5, 0.6) is 0 Å². The Morgan fingerprint density at radius 3 is 2.61 bits per heavy atom. The summed E-state index contributed by atoms with van der Waals surface area (Å²) < 4.78 is 7.31. The standard InChI is InChI=1S/C18H18N2O3/c1-13(18(21)22)23-12-16-15-9-5-6-10-17(15)20(19-16)11-14-7-3-2-4-8-14/h2-10,13H,11-12H2,1H3,(H,21,22). The molecule has 118 valence electrons. The molecule has 5 heteroatoms. The largest absolute Gasteiger partial charge is 0.479 e. The molecule has 0 radical (unpaired) electrons. The van der Waals surface area contributed by atoms with Crippen molar-refractivity contribution in [2.75, 3.05) is 0 Å². The lowest BCUT2D eigenvalue weighted by atomic mass is 10.2. The van der Waals surface area contributed by atoms with Gasteiger partial charge in [-0.2, -0.15) is 5.10 Å². The Balaban J connectivity index is 1.89. The van der Waals surface area contributed by atoms with Crippen molar-refractivity contribution in [3.05, 3.63) is 65.9 Å². The molecular weight excluding hydrogens is 292 g/mol. The van der Waals surface area contributed by atoms with Crippen molar-refractivity contribution in [1.29, 1.82) is 0 Å². The minimum atomic E-state index is -0.974. The van der Waals surface area contributed by atoms with Crippen molar-refractivity contribution in [2.24, 2.45) is 0 Å². The minimum absolute atomic E-state index is 0.176. The first-order valence-corrected chi connectivity index (χ1v) is 7.48. The predicted octanol–water partition coefficient (Wildman–Crippen LogP) is 3.07. The smallest absolute Gasteiger partial charge is 0.332 e. The van der Waals surface area contributed by atoms with Gasteiger partial charge in [-0.25, -0.2) is 4.79 Å². The van der Waals surface area contributed by atoms with Gasteiger partial charge in [0.25, 0.3) is 0 Å². The Morgan fingerprint density at radius 2 is 1.87 bits per heavy atom. The number of carbonyl (C=O) groups is 1. The molecule has 1 unspecified atom stereocenters. The van der Waals surface area contributed by atoms with Crippen molar-refractivity contribution >= 4 is 16.9 Å². The maximum atomic E-state index is 10.9. The number of aromatic nitrogens is 2. The summed E-state index contributed by atoms with van der Waals surface area (Å²) in [5, 5.41) is 14.5. The number of benzene rings is 2. The van der Waals surface area contributed by atoms with Crippen LogP contribution in [0.3, 0.4) is 0 Å². The third-order valence-electron chi connectivity index (χ3n) is 3.73. The highest BCUT2D eigenvalue weighted by atomic mass is 16.5.